The molecular weight excluding hydrogens is 348 g/mol. The molecule has 1 amide bonds. The number of nitrogens with one attached hydrogen (secondary N) is 2. The molecule has 0 spiro atoms. The minimum atomic E-state index is -1.01. The zero-order valence-electron chi connectivity index (χ0n) is 13.3. The zero-order chi connectivity index (χ0) is 18.8. The molecule has 134 valence electrons. The maximum absolute atomic E-state index is 11.8. The minimum Gasteiger partial charge on any atom is -0.449 e. The van der Waals surface area contributed by atoms with Crippen molar-refractivity contribution in [1.82, 2.24) is 20.2 Å². The molecule has 0 fully saturated rings. The number of nitrogens with zero attached hydrogens (tertiary/aromatic N) is 4. The number of rotatable bonds is 4. The number of amides is 1. The number of nitro groups is 1. The summed E-state index contributed by atoms with van der Waals surface area (Å²) in [5.41, 5.74) is -1.36. The number of H-pyrrole nitrogens is 2. The summed E-state index contributed by atoms with van der Waals surface area (Å²) in [5, 5.41) is 21.6. The molecule has 0 bridgehead atoms. The van der Waals surface area contributed by atoms with Gasteiger partial charge in [-0.1, -0.05) is 12.1 Å². The first-order valence-corrected chi connectivity index (χ1v) is 7.31. The first kappa shape index (κ1) is 17.0. The number of aromatic amines is 2. The van der Waals surface area contributed by atoms with Gasteiger partial charge in [-0.25, -0.2) is 9.89 Å². The van der Waals surface area contributed by atoms with Crippen LogP contribution in [-0.4, -0.2) is 36.9 Å². The summed E-state index contributed by atoms with van der Waals surface area (Å²) in [4.78, 5) is 46.9. The van der Waals surface area contributed by atoms with Gasteiger partial charge in [0.2, 0.25) is 18.0 Å². The van der Waals surface area contributed by atoms with Gasteiger partial charge in [-0.2, -0.15) is 10.1 Å². The van der Waals surface area contributed by atoms with Gasteiger partial charge in [0, 0.05) is 24.6 Å². The van der Waals surface area contributed by atoms with Crippen LogP contribution in [0.5, 0.6) is 0 Å². The second-order valence-corrected chi connectivity index (χ2v) is 5.31. The Balaban J connectivity index is 1.89. The molecule has 0 radical (unpaired) electrons. The Labute approximate surface area is 144 Å². The smallest absolute Gasteiger partial charge is 0.342 e. The van der Waals surface area contributed by atoms with E-state index in [1.165, 1.54) is 25.1 Å². The molecule has 0 saturated carbocycles. The van der Waals surface area contributed by atoms with Gasteiger partial charge in [-0.05, 0) is 0 Å². The topological polar surface area (TPSA) is 164 Å². The van der Waals surface area contributed by atoms with Crippen molar-refractivity contribution >= 4 is 17.5 Å². The number of carbonyl (C=O) groups excluding carboxylic acids is 1. The van der Waals surface area contributed by atoms with Crippen molar-refractivity contribution < 1.29 is 14.5 Å². The normalized spacial score (nSPS) is 16.1. The van der Waals surface area contributed by atoms with Crippen LogP contribution < -0.4 is 11.2 Å². The van der Waals surface area contributed by atoms with E-state index in [1.54, 1.807) is 6.07 Å². The molecule has 2 heterocycles. The molecule has 12 nitrogen and oxygen atoms in total. The lowest BCUT2D eigenvalue weighted by atomic mass is 10.1. The quantitative estimate of drug-likeness (QED) is 0.563. The van der Waals surface area contributed by atoms with E-state index >= 15 is 0 Å². The summed E-state index contributed by atoms with van der Waals surface area (Å²) in [6.45, 7) is 1.26. The number of ether oxygens (including phenoxy) is 1. The number of carbonyl (C=O) groups is 1. The molecule has 2 N–H and O–H groups in total. The summed E-state index contributed by atoms with van der Waals surface area (Å²) >= 11 is 0. The average Bonchev–Trinajstić information content (AvgIpc) is 3.02. The molecule has 0 saturated heterocycles. The third kappa shape index (κ3) is 3.33. The van der Waals surface area contributed by atoms with Crippen LogP contribution in [-0.2, 0) is 16.0 Å². The van der Waals surface area contributed by atoms with E-state index in [-0.39, 0.29) is 23.7 Å². The lowest BCUT2D eigenvalue weighted by molar-refractivity contribution is -0.385. The van der Waals surface area contributed by atoms with Gasteiger partial charge < -0.3 is 4.74 Å². The third-order valence-corrected chi connectivity index (χ3v) is 3.48. The maximum Gasteiger partial charge on any atom is 0.342 e. The van der Waals surface area contributed by atoms with E-state index < -0.39 is 28.3 Å². The summed E-state index contributed by atoms with van der Waals surface area (Å²) < 4.78 is 5.59. The van der Waals surface area contributed by atoms with Crippen molar-refractivity contribution in [3.05, 3.63) is 66.5 Å². The van der Waals surface area contributed by atoms with Crippen molar-refractivity contribution in [2.24, 2.45) is 5.10 Å². The molecule has 0 aliphatic carbocycles. The van der Waals surface area contributed by atoms with E-state index in [1.807, 2.05) is 4.98 Å². The number of non-ortho nitro benzene ring substituents is 1. The van der Waals surface area contributed by atoms with Crippen LogP contribution >= 0.6 is 0 Å². The van der Waals surface area contributed by atoms with E-state index in [4.69, 9.17) is 4.74 Å². The molecule has 0 unspecified atom stereocenters. The van der Waals surface area contributed by atoms with E-state index in [0.29, 0.717) is 5.56 Å². The van der Waals surface area contributed by atoms with Crippen molar-refractivity contribution in [2.75, 3.05) is 0 Å². The monoisotopic (exact) mass is 360 g/mol. The highest BCUT2D eigenvalue weighted by Gasteiger charge is 2.33. The number of hydrogen-bond acceptors (Lipinski definition) is 8. The highest BCUT2D eigenvalue weighted by molar-refractivity contribution is 5.83. The van der Waals surface area contributed by atoms with Crippen LogP contribution in [0, 0.1) is 10.1 Å². The van der Waals surface area contributed by atoms with Crippen molar-refractivity contribution in [3.63, 3.8) is 0 Å². The Morgan fingerprint density at radius 2 is 2.19 bits per heavy atom. The summed E-state index contributed by atoms with van der Waals surface area (Å²) in [5.74, 6) is -0.457. The fourth-order valence-corrected chi connectivity index (χ4v) is 2.32. The number of aromatic nitrogens is 3. The van der Waals surface area contributed by atoms with Crippen LogP contribution in [0.1, 0.15) is 24.4 Å². The first-order chi connectivity index (χ1) is 12.3. The Morgan fingerprint density at radius 3 is 2.85 bits per heavy atom. The molecule has 2 aromatic rings. The fourth-order valence-electron chi connectivity index (χ4n) is 2.32. The molecule has 1 aliphatic heterocycles. The molecule has 1 aliphatic rings. The first-order valence-electron chi connectivity index (χ1n) is 7.31. The predicted octanol–water partition coefficient (Wildman–Crippen LogP) is -0.200. The van der Waals surface area contributed by atoms with Crippen LogP contribution in [0.3, 0.4) is 0 Å². The second kappa shape index (κ2) is 6.58. The lowest BCUT2D eigenvalue weighted by Gasteiger charge is -2.19. The van der Waals surface area contributed by atoms with Crippen LogP contribution in [0.25, 0.3) is 0 Å². The molecule has 1 aromatic carbocycles. The van der Waals surface area contributed by atoms with E-state index in [9.17, 15) is 24.5 Å². The van der Waals surface area contributed by atoms with Crippen LogP contribution in [0.2, 0.25) is 0 Å². The van der Waals surface area contributed by atoms with Gasteiger partial charge in [-0.15, -0.1) is 5.10 Å². The average molecular weight is 360 g/mol. The zero-order valence-corrected chi connectivity index (χ0v) is 13.3. The number of nitro benzene ring substituents is 1. The van der Waals surface area contributed by atoms with Crippen LogP contribution in [0.4, 0.5) is 5.69 Å². The highest BCUT2D eigenvalue weighted by atomic mass is 16.6. The molecule has 1 aromatic heterocycles. The van der Waals surface area contributed by atoms with Gasteiger partial charge in [0.15, 0.2) is 0 Å². The van der Waals surface area contributed by atoms with Crippen molar-refractivity contribution in [1.29, 1.82) is 0 Å². The Hall–Kier alpha value is -3.83. The summed E-state index contributed by atoms with van der Waals surface area (Å²) in [6, 6.07) is 5.59. The number of hydrogen-bond donors (Lipinski definition) is 2. The van der Waals surface area contributed by atoms with Crippen molar-refractivity contribution in [2.45, 2.75) is 19.6 Å². The molecule has 3 rings (SSSR count). The maximum atomic E-state index is 11.8. The lowest BCUT2D eigenvalue weighted by Crippen LogP contribution is -2.28. The summed E-state index contributed by atoms with van der Waals surface area (Å²) in [7, 11) is 0. The fraction of sp³-hybridized carbons (Fsp3) is 0.214. The Morgan fingerprint density at radius 1 is 1.42 bits per heavy atom. The van der Waals surface area contributed by atoms with Gasteiger partial charge in [0.1, 0.15) is 5.69 Å². The standard InChI is InChI=1S/C14H12N6O6/c1-7(21)19-13(8-3-2-4-9(5-8)20(24)25)26-11(18-19)6-10-12(22)15-14(23)17-16-10/h2-5,13H,6H2,1H3,(H2,15,17,22,23)/t13-/m1/s1. The van der Waals surface area contributed by atoms with Gasteiger partial charge >= 0.3 is 5.69 Å². The number of hydrazone groups is 1. The minimum absolute atomic E-state index is 0.00163. The van der Waals surface area contributed by atoms with Gasteiger partial charge in [-0.3, -0.25) is 24.7 Å². The van der Waals surface area contributed by atoms with Gasteiger partial charge in [0.25, 0.3) is 11.2 Å². The molecular formula is C14H12N6O6. The molecule has 12 heteroatoms. The van der Waals surface area contributed by atoms with Crippen molar-refractivity contribution in [3.8, 4) is 0 Å². The largest absolute Gasteiger partial charge is 0.449 e. The highest BCUT2D eigenvalue weighted by Crippen LogP contribution is 2.30. The SMILES string of the molecule is CC(=O)N1N=C(Cc2n[nH]c(=O)[nH]c2=O)O[C@@H]1c1cccc([N+](=O)[O-])c1. The van der Waals surface area contributed by atoms with E-state index in [2.05, 4.69) is 15.3 Å². The van der Waals surface area contributed by atoms with E-state index in [0.717, 1.165) is 5.01 Å². The Kier molecular flexibility index (Phi) is 4.31. The van der Waals surface area contributed by atoms with Gasteiger partial charge in [0.05, 0.1) is 11.3 Å². The Bertz CT molecular complexity index is 1020. The number of benzene rings is 1. The van der Waals surface area contributed by atoms with Crippen LogP contribution in [0.15, 0.2) is 39.0 Å². The second-order valence-electron chi connectivity index (χ2n) is 5.31. The third-order valence-electron chi connectivity index (χ3n) is 3.48. The predicted molar refractivity (Wildman–Crippen MR) is 86.1 cm³/mol. The molecule has 1 atom stereocenters. The molecule has 26 heavy (non-hydrogen) atoms. The summed E-state index contributed by atoms with van der Waals surface area (Å²) in [6.07, 6.45) is -1.19.